The predicted octanol–water partition coefficient (Wildman–Crippen LogP) is 6.61. The fourth-order valence-corrected chi connectivity index (χ4v) is 5.21. The van der Waals surface area contributed by atoms with Crippen LogP contribution in [0.4, 0.5) is 0 Å². The van der Waals surface area contributed by atoms with E-state index in [1.165, 1.54) is 12.7 Å². The maximum absolute atomic E-state index is 11.9. The minimum absolute atomic E-state index is 0.305. The second-order valence-corrected chi connectivity index (χ2v) is 9.25. The first kappa shape index (κ1) is 24.2. The Balaban J connectivity index is 1.31. The molecular formula is C28H30O5S. The van der Waals surface area contributed by atoms with Gasteiger partial charge in [0.25, 0.3) is 0 Å². The van der Waals surface area contributed by atoms with E-state index in [0.717, 1.165) is 40.5 Å². The van der Waals surface area contributed by atoms with Crippen molar-refractivity contribution >= 4 is 17.7 Å². The molecule has 0 spiro atoms. The minimum Gasteiger partial charge on any atom is -0.494 e. The Morgan fingerprint density at radius 2 is 1.74 bits per heavy atom. The molecule has 34 heavy (non-hydrogen) atoms. The van der Waals surface area contributed by atoms with Gasteiger partial charge in [-0.25, -0.2) is 4.79 Å². The molecule has 2 unspecified atom stereocenters. The molecule has 0 radical (unpaired) electrons. The third-order valence-electron chi connectivity index (χ3n) is 5.66. The van der Waals surface area contributed by atoms with Crippen LogP contribution in [0.25, 0.3) is 0 Å². The zero-order valence-electron chi connectivity index (χ0n) is 19.6. The molecule has 3 aromatic carbocycles. The summed E-state index contributed by atoms with van der Waals surface area (Å²) >= 11 is 1.85. The van der Waals surface area contributed by atoms with Crippen LogP contribution in [0.1, 0.15) is 36.1 Å². The lowest BCUT2D eigenvalue weighted by Gasteiger charge is -2.16. The Bertz CT molecular complexity index is 1080. The molecule has 0 saturated carbocycles. The number of hydrogen-bond acceptors (Lipinski definition) is 6. The molecule has 1 aliphatic rings. The maximum Gasteiger partial charge on any atom is 0.335 e. The van der Waals surface area contributed by atoms with Crippen molar-refractivity contribution in [3.63, 3.8) is 0 Å². The van der Waals surface area contributed by atoms with Gasteiger partial charge in [0, 0.05) is 24.3 Å². The summed E-state index contributed by atoms with van der Waals surface area (Å²) in [5.74, 6) is 2.32. The molecule has 0 aromatic heterocycles. The Hall–Kier alpha value is -2.96. The third-order valence-corrected chi connectivity index (χ3v) is 7.03. The van der Waals surface area contributed by atoms with Gasteiger partial charge in [-0.2, -0.15) is 0 Å². The van der Waals surface area contributed by atoms with Gasteiger partial charge in [-0.3, -0.25) is 0 Å². The summed E-state index contributed by atoms with van der Waals surface area (Å²) in [4.78, 5) is 13.1. The van der Waals surface area contributed by atoms with Gasteiger partial charge >= 0.3 is 5.97 Å². The van der Waals surface area contributed by atoms with Crippen LogP contribution in [0.5, 0.6) is 17.2 Å². The highest BCUT2D eigenvalue weighted by atomic mass is 32.2. The first-order valence-electron chi connectivity index (χ1n) is 11.6. The van der Waals surface area contributed by atoms with Gasteiger partial charge in [0.2, 0.25) is 0 Å². The molecule has 0 bridgehead atoms. The molecule has 1 aliphatic heterocycles. The van der Waals surface area contributed by atoms with Crippen molar-refractivity contribution in [2.45, 2.75) is 42.4 Å². The highest BCUT2D eigenvalue weighted by Crippen LogP contribution is 2.49. The number of fused-ring (bicyclic) bond motifs is 2. The van der Waals surface area contributed by atoms with Crippen LogP contribution in [-0.4, -0.2) is 32.4 Å². The number of esters is 1. The van der Waals surface area contributed by atoms with Crippen molar-refractivity contribution in [2.75, 3.05) is 20.3 Å². The topological polar surface area (TPSA) is 54.0 Å². The highest BCUT2D eigenvalue weighted by molar-refractivity contribution is 7.99. The molecule has 0 saturated heterocycles. The van der Waals surface area contributed by atoms with Gasteiger partial charge in [0.1, 0.15) is 17.2 Å². The zero-order chi connectivity index (χ0) is 23.8. The van der Waals surface area contributed by atoms with E-state index in [1.54, 1.807) is 6.92 Å². The standard InChI is InChI=1S/C28H30O5S/c1-3-31-28(29)25(30-2)19-20-14-16-21(17-15-20)32-18-8-13-26-22-9-4-5-10-23(22)33-24-11-6-7-12-27(24)34-26/h4-7,9-12,14-17,25-26H,3,8,13,18-19H2,1-2H3. The van der Waals surface area contributed by atoms with E-state index in [2.05, 4.69) is 24.3 Å². The molecule has 6 heteroatoms. The van der Waals surface area contributed by atoms with Crippen LogP contribution in [0.3, 0.4) is 0 Å². The van der Waals surface area contributed by atoms with E-state index in [4.69, 9.17) is 18.9 Å². The van der Waals surface area contributed by atoms with Crippen molar-refractivity contribution in [3.8, 4) is 17.2 Å². The van der Waals surface area contributed by atoms with E-state index < -0.39 is 6.10 Å². The minimum atomic E-state index is -0.596. The summed E-state index contributed by atoms with van der Waals surface area (Å²) in [5.41, 5.74) is 2.22. The fourth-order valence-electron chi connectivity index (χ4n) is 3.91. The number of rotatable bonds is 10. The first-order valence-corrected chi connectivity index (χ1v) is 12.5. The third kappa shape index (κ3) is 6.13. The summed E-state index contributed by atoms with van der Waals surface area (Å²) in [5, 5.41) is 0.305. The Labute approximate surface area is 205 Å². The fraction of sp³-hybridized carbons (Fsp3) is 0.321. The van der Waals surface area contributed by atoms with E-state index >= 15 is 0 Å². The second kappa shape index (κ2) is 12.0. The Morgan fingerprint density at radius 1 is 1.00 bits per heavy atom. The maximum atomic E-state index is 11.9. The van der Waals surface area contributed by atoms with Crippen LogP contribution in [0, 0.1) is 0 Å². The van der Waals surface area contributed by atoms with Crippen LogP contribution < -0.4 is 9.47 Å². The lowest BCUT2D eigenvalue weighted by Crippen LogP contribution is -2.27. The van der Waals surface area contributed by atoms with E-state index in [-0.39, 0.29) is 5.97 Å². The summed E-state index contributed by atoms with van der Waals surface area (Å²) in [6, 6.07) is 24.3. The lowest BCUT2D eigenvalue weighted by atomic mass is 10.1. The molecule has 3 aromatic rings. The van der Waals surface area contributed by atoms with Gasteiger partial charge < -0.3 is 18.9 Å². The van der Waals surface area contributed by atoms with Gasteiger partial charge in [0.05, 0.1) is 18.1 Å². The van der Waals surface area contributed by atoms with E-state index in [9.17, 15) is 4.79 Å². The number of thioether (sulfide) groups is 1. The Morgan fingerprint density at radius 3 is 2.50 bits per heavy atom. The van der Waals surface area contributed by atoms with Gasteiger partial charge in [-0.15, -0.1) is 11.8 Å². The van der Waals surface area contributed by atoms with Crippen molar-refractivity contribution < 1.29 is 23.7 Å². The highest BCUT2D eigenvalue weighted by Gasteiger charge is 2.23. The zero-order valence-corrected chi connectivity index (χ0v) is 20.4. The van der Waals surface area contributed by atoms with Crippen molar-refractivity contribution in [1.29, 1.82) is 0 Å². The van der Waals surface area contributed by atoms with Crippen molar-refractivity contribution in [3.05, 3.63) is 83.9 Å². The summed E-state index contributed by atoms with van der Waals surface area (Å²) in [6.45, 7) is 2.76. The largest absolute Gasteiger partial charge is 0.494 e. The first-order chi connectivity index (χ1) is 16.7. The summed E-state index contributed by atoms with van der Waals surface area (Å²) in [7, 11) is 1.52. The molecule has 0 N–H and O–H groups in total. The van der Waals surface area contributed by atoms with Crippen LogP contribution in [0.15, 0.2) is 77.7 Å². The van der Waals surface area contributed by atoms with Gasteiger partial charge in [-0.1, -0.05) is 42.5 Å². The van der Waals surface area contributed by atoms with E-state index in [1.807, 2.05) is 60.3 Å². The molecule has 0 amide bonds. The summed E-state index contributed by atoms with van der Waals surface area (Å²) < 4.78 is 22.5. The number of para-hydroxylation sites is 2. The van der Waals surface area contributed by atoms with Crippen LogP contribution in [-0.2, 0) is 20.7 Å². The number of ether oxygens (including phenoxy) is 4. The molecule has 0 aliphatic carbocycles. The van der Waals surface area contributed by atoms with Crippen LogP contribution in [0.2, 0.25) is 0 Å². The predicted molar refractivity (Wildman–Crippen MR) is 134 cm³/mol. The molecule has 4 rings (SSSR count). The molecule has 1 heterocycles. The second-order valence-electron chi connectivity index (χ2n) is 8.01. The SMILES string of the molecule is CCOC(=O)C(Cc1ccc(OCCCC2Sc3ccccc3Oc3ccccc32)cc1)OC. The molecule has 178 valence electrons. The van der Waals surface area contributed by atoms with Crippen molar-refractivity contribution in [1.82, 2.24) is 0 Å². The lowest BCUT2D eigenvalue weighted by molar-refractivity contribution is -0.154. The quantitative estimate of drug-likeness (QED) is 0.242. The average Bonchev–Trinajstić information content (AvgIpc) is 3.02. The average molecular weight is 479 g/mol. The molecule has 2 atom stereocenters. The normalized spacial score (nSPS) is 15.3. The number of carbonyl (C=O) groups excluding carboxylic acids is 1. The molecule has 5 nitrogen and oxygen atoms in total. The van der Waals surface area contributed by atoms with Gasteiger partial charge in [-0.05, 0) is 55.7 Å². The molecule has 0 fully saturated rings. The number of benzene rings is 3. The number of carbonyl (C=O) groups is 1. The number of hydrogen-bond donors (Lipinski definition) is 0. The van der Waals surface area contributed by atoms with Crippen molar-refractivity contribution in [2.24, 2.45) is 0 Å². The van der Waals surface area contributed by atoms with Crippen LogP contribution >= 0.6 is 11.8 Å². The smallest absolute Gasteiger partial charge is 0.335 e. The monoisotopic (exact) mass is 478 g/mol. The van der Waals surface area contributed by atoms with E-state index in [0.29, 0.717) is 24.9 Å². The van der Waals surface area contributed by atoms with Gasteiger partial charge in [0.15, 0.2) is 6.10 Å². The molecular weight excluding hydrogens is 448 g/mol. The Kier molecular flexibility index (Phi) is 8.50. The summed E-state index contributed by atoms with van der Waals surface area (Å²) in [6.07, 6.45) is 1.77. The number of methoxy groups -OCH3 is 1.